The summed E-state index contributed by atoms with van der Waals surface area (Å²) in [5, 5.41) is 3.17. The van der Waals surface area contributed by atoms with E-state index in [0.29, 0.717) is 0 Å². The molecule has 0 aliphatic heterocycles. The Hall–Kier alpha value is -1.68. The van der Waals surface area contributed by atoms with E-state index in [2.05, 4.69) is 55.8 Å². The Morgan fingerprint density at radius 3 is 2.76 bits per heavy atom. The molecule has 0 amide bonds. The molecule has 0 heterocycles. The number of hydrogen-bond acceptors (Lipinski definition) is 1. The number of nitrogens with one attached hydrogen (secondary N) is 1. The number of hydrogen-bond donors (Lipinski definition) is 1. The molecule has 0 fully saturated rings. The average molecular weight is 227 g/mol. The summed E-state index contributed by atoms with van der Waals surface area (Å²) in [6.45, 7) is 10.9. The first-order valence-electron chi connectivity index (χ1n) is 6.11. The molecule has 90 valence electrons. The van der Waals surface area contributed by atoms with E-state index in [0.717, 1.165) is 30.6 Å². The van der Waals surface area contributed by atoms with Gasteiger partial charge in [0.1, 0.15) is 0 Å². The van der Waals surface area contributed by atoms with Gasteiger partial charge in [-0.1, -0.05) is 37.5 Å². The summed E-state index contributed by atoms with van der Waals surface area (Å²) in [4.78, 5) is 0. The molecule has 0 aliphatic carbocycles. The third kappa shape index (κ3) is 4.78. The average Bonchev–Trinajstić information content (AvgIpc) is 2.30. The van der Waals surface area contributed by atoms with Crippen LogP contribution in [0.1, 0.15) is 37.0 Å². The molecule has 1 heteroatoms. The molecule has 1 N–H and O–H groups in total. The molecule has 0 aromatic heterocycles. The molecule has 0 bridgehead atoms. The molecular formula is C16H21N. The monoisotopic (exact) mass is 227 g/mol. The molecule has 0 aliphatic rings. The van der Waals surface area contributed by atoms with E-state index < -0.39 is 0 Å². The van der Waals surface area contributed by atoms with Crippen LogP contribution < -0.4 is 5.32 Å². The Kier molecular flexibility index (Phi) is 5.36. The van der Waals surface area contributed by atoms with Crippen LogP contribution in [0.3, 0.4) is 0 Å². The zero-order valence-electron chi connectivity index (χ0n) is 11.1. The molecule has 0 saturated carbocycles. The van der Waals surface area contributed by atoms with Crippen molar-refractivity contribution in [3.8, 4) is 11.8 Å². The van der Waals surface area contributed by atoms with Crippen LogP contribution in [0.4, 0.5) is 0 Å². The van der Waals surface area contributed by atoms with Crippen LogP contribution in [0.15, 0.2) is 30.5 Å². The Labute approximate surface area is 105 Å². The lowest BCUT2D eigenvalue weighted by molar-refractivity contribution is 0.816. The normalized spacial score (nSPS) is 9.35. The van der Waals surface area contributed by atoms with Crippen molar-refractivity contribution in [2.24, 2.45) is 0 Å². The predicted octanol–water partition coefficient (Wildman–Crippen LogP) is 3.42. The maximum Gasteiger partial charge on any atom is 0.0274 e. The Morgan fingerprint density at radius 2 is 2.18 bits per heavy atom. The molecule has 1 aromatic carbocycles. The third-order valence-electron chi connectivity index (χ3n) is 2.60. The second-order valence-corrected chi connectivity index (χ2v) is 4.26. The minimum atomic E-state index is 0.849. The second kappa shape index (κ2) is 6.81. The van der Waals surface area contributed by atoms with E-state index in [4.69, 9.17) is 0 Å². The summed E-state index contributed by atoms with van der Waals surface area (Å²) in [5.41, 5.74) is 4.77. The zero-order valence-corrected chi connectivity index (χ0v) is 11.1. The minimum absolute atomic E-state index is 0.849. The topological polar surface area (TPSA) is 12.0 Å². The van der Waals surface area contributed by atoms with Crippen molar-refractivity contribution in [2.75, 3.05) is 6.54 Å². The summed E-state index contributed by atoms with van der Waals surface area (Å²) in [6.07, 6.45) is 1.93. The lowest BCUT2D eigenvalue weighted by atomic mass is 10.0. The predicted molar refractivity (Wildman–Crippen MR) is 74.9 cm³/mol. The van der Waals surface area contributed by atoms with E-state index in [1.807, 2.05) is 6.92 Å². The number of aryl methyl sites for hydroxylation is 2. The van der Waals surface area contributed by atoms with Gasteiger partial charge in [-0.05, 0) is 37.5 Å². The largest absolute Gasteiger partial charge is 0.388 e. The van der Waals surface area contributed by atoms with Crippen molar-refractivity contribution >= 4 is 0 Å². The van der Waals surface area contributed by atoms with Crippen molar-refractivity contribution in [1.82, 2.24) is 5.32 Å². The van der Waals surface area contributed by atoms with Crippen molar-refractivity contribution in [2.45, 2.75) is 33.6 Å². The molecule has 0 radical (unpaired) electrons. The van der Waals surface area contributed by atoms with Gasteiger partial charge >= 0.3 is 0 Å². The second-order valence-electron chi connectivity index (χ2n) is 4.26. The van der Waals surface area contributed by atoms with Gasteiger partial charge in [0.15, 0.2) is 0 Å². The van der Waals surface area contributed by atoms with Crippen molar-refractivity contribution < 1.29 is 0 Å². The molecular weight excluding hydrogens is 206 g/mol. The van der Waals surface area contributed by atoms with Crippen molar-refractivity contribution in [3.05, 3.63) is 47.2 Å². The van der Waals surface area contributed by atoms with Gasteiger partial charge < -0.3 is 5.32 Å². The van der Waals surface area contributed by atoms with Crippen LogP contribution in [0.5, 0.6) is 0 Å². The zero-order chi connectivity index (χ0) is 12.7. The van der Waals surface area contributed by atoms with Gasteiger partial charge in [-0.25, -0.2) is 0 Å². The van der Waals surface area contributed by atoms with Gasteiger partial charge in [-0.2, -0.15) is 0 Å². The fourth-order valence-electron chi connectivity index (χ4n) is 1.58. The fourth-order valence-corrected chi connectivity index (χ4v) is 1.58. The first-order chi connectivity index (χ1) is 8.13. The lowest BCUT2D eigenvalue weighted by Gasteiger charge is -2.02. The van der Waals surface area contributed by atoms with Crippen LogP contribution >= 0.6 is 0 Å². The molecule has 1 nitrogen and oxygen atoms in total. The van der Waals surface area contributed by atoms with Gasteiger partial charge in [0.2, 0.25) is 0 Å². The summed E-state index contributed by atoms with van der Waals surface area (Å²) in [5.74, 6) is 6.40. The maximum absolute atomic E-state index is 3.78. The summed E-state index contributed by atoms with van der Waals surface area (Å²) < 4.78 is 0. The molecule has 0 spiro atoms. The van der Waals surface area contributed by atoms with Crippen molar-refractivity contribution in [1.29, 1.82) is 0 Å². The highest BCUT2D eigenvalue weighted by Gasteiger charge is 1.95. The highest BCUT2D eigenvalue weighted by Crippen LogP contribution is 2.10. The quantitative estimate of drug-likeness (QED) is 0.614. The fraction of sp³-hybridized carbons (Fsp3) is 0.375. The van der Waals surface area contributed by atoms with E-state index in [1.54, 1.807) is 0 Å². The van der Waals surface area contributed by atoms with Gasteiger partial charge in [0, 0.05) is 24.2 Å². The maximum atomic E-state index is 3.78. The van der Waals surface area contributed by atoms with Crippen LogP contribution in [-0.2, 0) is 6.42 Å². The number of benzene rings is 1. The van der Waals surface area contributed by atoms with Gasteiger partial charge in [0.05, 0.1) is 0 Å². The van der Waals surface area contributed by atoms with Gasteiger partial charge in [-0.3, -0.25) is 0 Å². The summed E-state index contributed by atoms with van der Waals surface area (Å²) in [7, 11) is 0. The smallest absolute Gasteiger partial charge is 0.0274 e. The van der Waals surface area contributed by atoms with Gasteiger partial charge in [-0.15, -0.1) is 0 Å². The Morgan fingerprint density at radius 1 is 1.41 bits per heavy atom. The van der Waals surface area contributed by atoms with Crippen LogP contribution in [0.2, 0.25) is 0 Å². The molecule has 17 heavy (non-hydrogen) atoms. The molecule has 1 rings (SSSR count). The molecule has 0 atom stereocenters. The Bertz CT molecular complexity index is 446. The van der Waals surface area contributed by atoms with E-state index in [9.17, 15) is 0 Å². The number of rotatable bonds is 4. The summed E-state index contributed by atoms with van der Waals surface area (Å²) >= 11 is 0. The van der Waals surface area contributed by atoms with Crippen LogP contribution in [0, 0.1) is 18.8 Å². The molecule has 0 saturated heterocycles. The molecule has 1 aromatic rings. The standard InChI is InChI=1S/C16H21N/c1-5-15-9-10-16(14(4)12-15)8-6-7-11-17-13(2)3/h9-10,12,17H,2,5,7,11H2,1,3-4H3. The minimum Gasteiger partial charge on any atom is -0.388 e. The highest BCUT2D eigenvalue weighted by molar-refractivity contribution is 5.42. The van der Waals surface area contributed by atoms with Crippen LogP contribution in [-0.4, -0.2) is 6.54 Å². The SMILES string of the molecule is C=C(C)NCCC#Cc1ccc(CC)cc1C. The van der Waals surface area contributed by atoms with E-state index >= 15 is 0 Å². The molecule has 0 unspecified atom stereocenters. The number of allylic oxidation sites excluding steroid dienone is 1. The Balaban J connectivity index is 2.57. The lowest BCUT2D eigenvalue weighted by Crippen LogP contribution is -2.10. The van der Waals surface area contributed by atoms with E-state index in [-0.39, 0.29) is 0 Å². The highest BCUT2D eigenvalue weighted by atomic mass is 14.9. The van der Waals surface area contributed by atoms with E-state index in [1.165, 1.54) is 11.1 Å². The van der Waals surface area contributed by atoms with Crippen molar-refractivity contribution in [3.63, 3.8) is 0 Å². The van der Waals surface area contributed by atoms with Gasteiger partial charge in [0.25, 0.3) is 0 Å². The first kappa shape index (κ1) is 13.4. The first-order valence-corrected chi connectivity index (χ1v) is 6.11. The third-order valence-corrected chi connectivity index (χ3v) is 2.60. The summed E-state index contributed by atoms with van der Waals surface area (Å²) in [6, 6.07) is 6.49. The van der Waals surface area contributed by atoms with Crippen LogP contribution in [0.25, 0.3) is 0 Å².